The van der Waals surface area contributed by atoms with E-state index in [0.717, 1.165) is 11.1 Å². The molecule has 0 unspecified atom stereocenters. The van der Waals surface area contributed by atoms with Crippen molar-refractivity contribution in [3.05, 3.63) is 60.1 Å². The smallest absolute Gasteiger partial charge is 0.257 e. The van der Waals surface area contributed by atoms with Gasteiger partial charge in [-0.3, -0.25) is 29.0 Å². The van der Waals surface area contributed by atoms with E-state index in [1.54, 1.807) is 36.5 Å². The Morgan fingerprint density at radius 3 is 2.50 bits per heavy atom. The molecule has 2 aliphatic rings. The van der Waals surface area contributed by atoms with E-state index in [2.05, 4.69) is 30.6 Å². The Hall–Kier alpha value is -5.01. The first-order valence-corrected chi connectivity index (χ1v) is 14.5. The minimum absolute atomic E-state index is 0.101. The van der Waals surface area contributed by atoms with Gasteiger partial charge in [-0.25, -0.2) is 14.4 Å². The summed E-state index contributed by atoms with van der Waals surface area (Å²) in [6.45, 7) is 3.64. The quantitative estimate of drug-likeness (QED) is 0.305. The van der Waals surface area contributed by atoms with Crippen LogP contribution in [-0.4, -0.2) is 101 Å². The van der Waals surface area contributed by atoms with Crippen LogP contribution in [0.3, 0.4) is 0 Å². The molecule has 0 radical (unpaired) electrons. The van der Waals surface area contributed by atoms with Crippen molar-refractivity contribution in [3.63, 3.8) is 0 Å². The molecule has 2 N–H and O–H groups in total. The average molecular weight is 602 g/mol. The number of alkyl halides is 1. The van der Waals surface area contributed by atoms with E-state index in [-0.39, 0.29) is 42.9 Å². The van der Waals surface area contributed by atoms with Crippen LogP contribution in [0.4, 0.5) is 4.39 Å². The first kappa shape index (κ1) is 29.1. The zero-order valence-electron chi connectivity index (χ0n) is 24.4. The van der Waals surface area contributed by atoms with Gasteiger partial charge in [-0.15, -0.1) is 0 Å². The van der Waals surface area contributed by atoms with Gasteiger partial charge < -0.3 is 15.1 Å². The minimum Gasteiger partial charge on any atom is -0.351 e. The molecule has 6 rings (SSSR count). The van der Waals surface area contributed by atoms with E-state index in [4.69, 9.17) is 0 Å². The first-order chi connectivity index (χ1) is 21.2. The van der Waals surface area contributed by atoms with Crippen molar-refractivity contribution in [2.45, 2.75) is 57.9 Å². The second-order valence-electron chi connectivity index (χ2n) is 11.3. The lowest BCUT2D eigenvalue weighted by molar-refractivity contribution is -0.139. The number of Topliss-reactive ketones (excluding diaryl/α,β-unsaturated/α-hetero) is 1. The number of halogens is 1. The Morgan fingerprint density at radius 1 is 1.07 bits per heavy atom. The maximum atomic E-state index is 14.6. The molecule has 4 aromatic rings. The Bertz CT molecular complexity index is 1710. The van der Waals surface area contributed by atoms with Crippen molar-refractivity contribution in [2.75, 3.05) is 19.6 Å². The van der Waals surface area contributed by atoms with Crippen molar-refractivity contribution in [3.8, 4) is 11.1 Å². The first-order valence-electron chi connectivity index (χ1n) is 14.5. The number of aromatic nitrogens is 6. The number of amides is 3. The van der Waals surface area contributed by atoms with Crippen LogP contribution in [-0.2, 0) is 16.1 Å². The third kappa shape index (κ3) is 5.79. The van der Waals surface area contributed by atoms with E-state index in [0.29, 0.717) is 48.2 Å². The van der Waals surface area contributed by atoms with Crippen molar-refractivity contribution < 1.29 is 23.6 Å². The van der Waals surface area contributed by atoms with E-state index in [9.17, 15) is 23.6 Å². The molecule has 0 aliphatic carbocycles. The molecule has 0 saturated carbocycles. The summed E-state index contributed by atoms with van der Waals surface area (Å²) in [6.07, 6.45) is 6.04. The van der Waals surface area contributed by atoms with Gasteiger partial charge in [0.15, 0.2) is 5.78 Å². The predicted molar refractivity (Wildman–Crippen MR) is 156 cm³/mol. The molecule has 2 fully saturated rings. The van der Waals surface area contributed by atoms with Crippen molar-refractivity contribution in [1.29, 1.82) is 0 Å². The molecule has 2 aliphatic heterocycles. The number of likely N-dealkylation sites (tertiary alicyclic amines) is 2. The van der Waals surface area contributed by atoms with Crippen LogP contribution in [0, 0.1) is 6.92 Å². The summed E-state index contributed by atoms with van der Waals surface area (Å²) in [5.41, 5.74) is 2.81. The van der Waals surface area contributed by atoms with Gasteiger partial charge >= 0.3 is 0 Å². The van der Waals surface area contributed by atoms with Crippen LogP contribution in [0.25, 0.3) is 22.0 Å². The van der Waals surface area contributed by atoms with Gasteiger partial charge in [-0.05, 0) is 37.5 Å². The summed E-state index contributed by atoms with van der Waals surface area (Å²) < 4.78 is 16.1. The summed E-state index contributed by atoms with van der Waals surface area (Å²) in [5, 5.41) is 14.4. The largest absolute Gasteiger partial charge is 0.351 e. The maximum Gasteiger partial charge on any atom is 0.257 e. The van der Waals surface area contributed by atoms with E-state index in [1.165, 1.54) is 22.7 Å². The number of ketones is 1. The summed E-state index contributed by atoms with van der Waals surface area (Å²) in [4.78, 5) is 63.3. The van der Waals surface area contributed by atoms with Gasteiger partial charge in [0.1, 0.15) is 30.3 Å². The van der Waals surface area contributed by atoms with Crippen LogP contribution >= 0.6 is 0 Å². The molecular weight excluding hydrogens is 569 g/mol. The number of carbonyl (C=O) groups is 4. The van der Waals surface area contributed by atoms with Gasteiger partial charge in [0.25, 0.3) is 5.91 Å². The second kappa shape index (κ2) is 11.9. The van der Waals surface area contributed by atoms with E-state index >= 15 is 0 Å². The molecule has 2 atom stereocenters. The molecule has 0 bridgehead atoms. The Balaban J connectivity index is 1.14. The second-order valence-corrected chi connectivity index (χ2v) is 11.3. The molecular formula is C30H32FN9O4. The molecule has 2 saturated heterocycles. The van der Waals surface area contributed by atoms with Gasteiger partial charge in [0, 0.05) is 62.0 Å². The number of hydrogen-bond donors (Lipinski definition) is 2. The highest BCUT2D eigenvalue weighted by atomic mass is 19.1. The number of H-pyrrole nitrogens is 1. The Morgan fingerprint density at radius 2 is 1.82 bits per heavy atom. The summed E-state index contributed by atoms with van der Waals surface area (Å²) in [5.74, 6) is -0.647. The number of aromatic amines is 1. The number of fused-ring (bicyclic) bond motifs is 1. The number of carbonyl (C=O) groups excluding carboxylic acids is 4. The van der Waals surface area contributed by atoms with Crippen LogP contribution in [0.5, 0.6) is 0 Å². The monoisotopic (exact) mass is 601 g/mol. The zero-order chi connectivity index (χ0) is 31.0. The third-order valence-electron chi connectivity index (χ3n) is 8.23. The topological polar surface area (TPSA) is 159 Å². The lowest BCUT2D eigenvalue weighted by atomic mass is 10.0. The van der Waals surface area contributed by atoms with Gasteiger partial charge in [-0.1, -0.05) is 6.07 Å². The molecule has 1 aromatic carbocycles. The Labute approximate surface area is 251 Å². The number of benzene rings is 1. The fourth-order valence-corrected chi connectivity index (χ4v) is 5.88. The highest BCUT2D eigenvalue weighted by Gasteiger charge is 2.41. The highest BCUT2D eigenvalue weighted by molar-refractivity contribution is 6.06. The van der Waals surface area contributed by atoms with Crippen molar-refractivity contribution in [2.24, 2.45) is 0 Å². The normalized spacial score (nSPS) is 19.0. The number of rotatable bonds is 7. The van der Waals surface area contributed by atoms with Crippen LogP contribution < -0.4 is 5.32 Å². The van der Waals surface area contributed by atoms with E-state index in [1.807, 2.05) is 12.1 Å². The van der Waals surface area contributed by atoms with Crippen molar-refractivity contribution >= 4 is 34.4 Å². The summed E-state index contributed by atoms with van der Waals surface area (Å²) in [7, 11) is 0. The number of nitrogens with zero attached hydrogens (tertiary/aromatic N) is 7. The van der Waals surface area contributed by atoms with Crippen LogP contribution in [0.2, 0.25) is 0 Å². The fraction of sp³-hybridized carbons (Fsp3) is 0.400. The number of aryl methyl sites for hydroxylation is 1. The molecule has 3 amide bonds. The van der Waals surface area contributed by atoms with Crippen molar-refractivity contribution in [1.82, 2.24) is 45.1 Å². The van der Waals surface area contributed by atoms with E-state index < -0.39 is 24.0 Å². The van der Waals surface area contributed by atoms with Crippen LogP contribution in [0.15, 0.2) is 43.0 Å². The standard InChI is InChI=1S/C30H32FN9O4/c1-17(41)28-24-9-19(20-11-32-18(2)33-12-20)3-4-25(24)40(37-28)16-27(42)39-15-22(31)10-26(39)29(43)36-23-5-7-38(8-6-23)30(44)21-13-34-35-14-21/h3-4,9,11-14,22-23,26H,5-8,10,15-16H2,1-2H3,(H,34,35)(H,36,43)/t22-,26+/m1/s1. The molecule has 0 spiro atoms. The molecule has 228 valence electrons. The molecule has 3 aromatic heterocycles. The Kier molecular flexibility index (Phi) is 7.89. The molecule has 13 nitrogen and oxygen atoms in total. The van der Waals surface area contributed by atoms with Crippen LogP contribution in [0.1, 0.15) is 52.9 Å². The average Bonchev–Trinajstić information content (AvgIpc) is 3.77. The minimum atomic E-state index is -1.34. The highest BCUT2D eigenvalue weighted by Crippen LogP contribution is 2.28. The third-order valence-corrected chi connectivity index (χ3v) is 8.23. The molecule has 44 heavy (non-hydrogen) atoms. The molecule has 14 heteroatoms. The fourth-order valence-electron chi connectivity index (χ4n) is 5.88. The zero-order valence-corrected chi connectivity index (χ0v) is 24.4. The lowest BCUT2D eigenvalue weighted by Crippen LogP contribution is -2.52. The predicted octanol–water partition coefficient (Wildman–Crippen LogP) is 2.09. The lowest BCUT2D eigenvalue weighted by Gasteiger charge is -2.33. The number of nitrogens with one attached hydrogen (secondary N) is 2. The number of piperidine rings is 1. The summed E-state index contributed by atoms with van der Waals surface area (Å²) >= 11 is 0. The number of hydrogen-bond acceptors (Lipinski definition) is 8. The molecule has 5 heterocycles. The SMILES string of the molecule is CC(=O)c1nn(CC(=O)N2C[C@H](F)C[C@H]2C(=O)NC2CCN(C(=O)c3cn[nH]c3)CC2)c2ccc(-c3cnc(C)nc3)cc12. The van der Waals surface area contributed by atoms with Gasteiger partial charge in [-0.2, -0.15) is 10.2 Å². The summed E-state index contributed by atoms with van der Waals surface area (Å²) in [6, 6.07) is 4.25. The van der Waals surface area contributed by atoms with Gasteiger partial charge in [0.2, 0.25) is 11.8 Å². The van der Waals surface area contributed by atoms with Gasteiger partial charge in [0.05, 0.1) is 23.8 Å². The maximum absolute atomic E-state index is 14.6.